The number of ketones is 1. The summed E-state index contributed by atoms with van der Waals surface area (Å²) in [7, 11) is 1.33. The van der Waals surface area contributed by atoms with Crippen LogP contribution in [0.3, 0.4) is 0 Å². The molecular formula is C56H100O7Si. The van der Waals surface area contributed by atoms with Crippen molar-refractivity contribution in [1.82, 2.24) is 0 Å². The maximum atomic E-state index is 13.8. The smallest absolute Gasteiger partial charge is 0.308 e. The molecule has 64 heavy (non-hydrogen) atoms. The van der Waals surface area contributed by atoms with Crippen molar-refractivity contribution in [1.29, 1.82) is 0 Å². The minimum Gasteiger partial charge on any atom is -0.547 e. The van der Waals surface area contributed by atoms with Crippen LogP contribution in [0.4, 0.5) is 0 Å². The average Bonchev–Trinajstić information content (AvgIpc) is 3.74. The van der Waals surface area contributed by atoms with Gasteiger partial charge in [-0.25, -0.2) is 0 Å². The van der Waals surface area contributed by atoms with Gasteiger partial charge in [-0.15, -0.1) is 0 Å². The van der Waals surface area contributed by atoms with E-state index < -0.39 is 8.32 Å². The highest BCUT2D eigenvalue weighted by molar-refractivity contribution is 6.70. The first-order valence-corrected chi connectivity index (χ1v) is 27.9. The van der Waals surface area contributed by atoms with Gasteiger partial charge in [0, 0.05) is 11.8 Å². The summed E-state index contributed by atoms with van der Waals surface area (Å²) in [6.07, 6.45) is 20.1. The third-order valence-electron chi connectivity index (χ3n) is 20.1. The molecule has 0 spiro atoms. The summed E-state index contributed by atoms with van der Waals surface area (Å²) < 4.78 is 17.1. The summed E-state index contributed by atoms with van der Waals surface area (Å²) in [4.78, 5) is 38.6. The van der Waals surface area contributed by atoms with Crippen molar-refractivity contribution in [3.05, 3.63) is 23.5 Å². The summed E-state index contributed by atoms with van der Waals surface area (Å²) in [5.41, 5.74) is 1.73. The zero-order chi connectivity index (χ0) is 43.9. The molecule has 7 fully saturated rings. The first-order chi connectivity index (χ1) is 28.1. The topological polar surface area (TPSA) is 99.1 Å². The number of allylic oxidation sites excluding steroid dienone is 4. The molecule has 8 aliphatic rings. The van der Waals surface area contributed by atoms with E-state index in [9.17, 15) is 19.5 Å². The van der Waals surface area contributed by atoms with Gasteiger partial charge in [-0.3, -0.25) is 14.4 Å². The second kappa shape index (κ2) is 20.3. The van der Waals surface area contributed by atoms with Crippen LogP contribution < -0.4 is 0 Å². The molecule has 0 aromatic carbocycles. The number of ether oxygens (including phenoxy) is 2. The molecule has 8 aliphatic carbocycles. The van der Waals surface area contributed by atoms with Gasteiger partial charge in [0.2, 0.25) is 8.32 Å². The number of hydrogen-bond donors (Lipinski definition) is 1. The quantitative estimate of drug-likeness (QED) is 0.161. The molecule has 0 bridgehead atoms. The predicted molar refractivity (Wildman–Crippen MR) is 268 cm³/mol. The van der Waals surface area contributed by atoms with Crippen molar-refractivity contribution < 1.29 is 33.4 Å². The van der Waals surface area contributed by atoms with E-state index in [2.05, 4.69) is 67.3 Å². The SMILES string of the molecule is C.C.C.C.C/C=C1/C(=O)[C@@H]2[C@H](CC[C@]3(C)[C@@H]([C@H](C)C(=O)OC)CC[C@@H]23)[C@@]2(C)CC[C@@H](O)C[C@@H]12.COC(=O)[C@@H](C)[C@H]1CC[C@H]2[C@@H]3C(O[Si](C)(C)C)=C[C@@H]4C[C@H](C)CC[C@]4(C)[C@H]3CC[C@]12C. The highest BCUT2D eigenvalue weighted by atomic mass is 28.4. The molecule has 7 saturated carbocycles. The third-order valence-corrected chi connectivity index (χ3v) is 21.0. The van der Waals surface area contributed by atoms with Gasteiger partial charge in [0.1, 0.15) is 0 Å². The number of aliphatic hydroxyl groups is 1. The molecule has 0 aromatic rings. The number of carbonyl (C=O) groups is 3. The Morgan fingerprint density at radius 1 is 0.688 bits per heavy atom. The van der Waals surface area contributed by atoms with Crippen molar-refractivity contribution in [3.63, 3.8) is 0 Å². The van der Waals surface area contributed by atoms with Gasteiger partial charge >= 0.3 is 11.9 Å². The summed E-state index contributed by atoms with van der Waals surface area (Å²) in [6, 6.07) is 0. The van der Waals surface area contributed by atoms with Crippen LogP contribution >= 0.6 is 0 Å². The maximum Gasteiger partial charge on any atom is 0.308 e. The highest BCUT2D eigenvalue weighted by Gasteiger charge is 2.65. The van der Waals surface area contributed by atoms with Crippen molar-refractivity contribution in [2.24, 2.45) is 98.6 Å². The highest BCUT2D eigenvalue weighted by Crippen LogP contribution is 2.70. The van der Waals surface area contributed by atoms with Gasteiger partial charge in [-0.05, 0) is 197 Å². The summed E-state index contributed by atoms with van der Waals surface area (Å²) in [6.45, 7) is 25.4. The lowest BCUT2D eigenvalue weighted by Gasteiger charge is -2.60. The Bertz CT molecular complexity index is 1710. The van der Waals surface area contributed by atoms with Crippen LogP contribution in [0, 0.1) is 98.6 Å². The molecular weight excluding hydrogens is 813 g/mol. The molecule has 0 unspecified atom stereocenters. The Morgan fingerprint density at radius 2 is 1.14 bits per heavy atom. The van der Waals surface area contributed by atoms with Gasteiger partial charge in [0.15, 0.2) is 5.78 Å². The second-order valence-electron chi connectivity index (χ2n) is 23.9. The van der Waals surface area contributed by atoms with Crippen LogP contribution in [-0.2, 0) is 28.3 Å². The number of esters is 2. The third kappa shape index (κ3) is 9.18. The van der Waals surface area contributed by atoms with Crippen molar-refractivity contribution in [2.75, 3.05) is 14.2 Å². The van der Waals surface area contributed by atoms with Gasteiger partial charge in [0.25, 0.3) is 0 Å². The Kier molecular flexibility index (Phi) is 17.9. The lowest BCUT2D eigenvalue weighted by Crippen LogP contribution is -2.58. The monoisotopic (exact) mass is 913 g/mol. The number of fused-ring (bicyclic) bond motifs is 10. The van der Waals surface area contributed by atoms with Gasteiger partial charge in [0.05, 0.1) is 37.9 Å². The second-order valence-corrected chi connectivity index (χ2v) is 28.4. The molecule has 8 heteroatoms. The summed E-state index contributed by atoms with van der Waals surface area (Å²) in [5.74, 6) is 6.56. The molecule has 8 rings (SSSR count). The number of Topliss-reactive ketones (excluding diaryl/α,β-unsaturated/α-hetero) is 1. The lowest BCUT2D eigenvalue weighted by molar-refractivity contribution is -0.155. The number of methoxy groups -OCH3 is 2. The van der Waals surface area contributed by atoms with Gasteiger partial charge in [-0.2, -0.15) is 0 Å². The van der Waals surface area contributed by atoms with Crippen molar-refractivity contribution in [2.45, 2.75) is 201 Å². The van der Waals surface area contributed by atoms with E-state index in [4.69, 9.17) is 13.9 Å². The molecule has 7 nitrogen and oxygen atoms in total. The van der Waals surface area contributed by atoms with E-state index in [-0.39, 0.29) is 87.7 Å². The zero-order valence-electron chi connectivity index (χ0n) is 40.0. The van der Waals surface area contributed by atoms with Gasteiger partial charge in [-0.1, -0.05) is 90.7 Å². The van der Waals surface area contributed by atoms with E-state index in [1.165, 1.54) is 51.4 Å². The zero-order valence-corrected chi connectivity index (χ0v) is 41.0. The molecule has 0 heterocycles. The Hall–Kier alpha value is -1.93. The van der Waals surface area contributed by atoms with Gasteiger partial charge < -0.3 is 19.0 Å². The number of carbonyl (C=O) groups excluding carboxylic acids is 3. The minimum atomic E-state index is -1.69. The van der Waals surface area contributed by atoms with Crippen molar-refractivity contribution >= 4 is 26.0 Å². The van der Waals surface area contributed by atoms with Crippen LogP contribution in [0.2, 0.25) is 19.6 Å². The maximum absolute atomic E-state index is 13.8. The molecule has 18 atom stereocenters. The standard InChI is InChI=1S/C27H46O3Si.C25H38O4.4CH4/c1-17-11-13-26(3)19(15-17)16-23(30-31(6,7)8)24-21-10-9-20(18(2)25(28)29-5)27(21,4)14-12-22(24)26;1-6-16-20-13-15(26)9-11-25(20,4)19-10-12-24(3)17(14(2)23(28)29-5)7-8-18(24)21(19)22(16)27;;;;/h16-22,24H,9-15H2,1-8H3;6,14-15,17-21,26H,7-13H2,1-5H3;4*1H4/b;16-6+;;;;/t17-,18+,19+,20-,21+,22+,24+,26+,27-;14-,15+,17+,18-,19-,20-,21-,24+,25+;;;;/m10..../s1. The first kappa shape index (κ1) is 56.4. The number of hydrogen-bond acceptors (Lipinski definition) is 7. The van der Waals surface area contributed by atoms with Crippen LogP contribution in [0.5, 0.6) is 0 Å². The fourth-order valence-electron chi connectivity index (χ4n) is 16.9. The summed E-state index contributed by atoms with van der Waals surface area (Å²) in [5, 5.41) is 10.3. The number of aliphatic hydroxyl groups excluding tert-OH is 1. The minimum absolute atomic E-state index is 0. The normalized spacial score (nSPS) is 44.4. The Balaban J connectivity index is 0.000000321. The van der Waals surface area contributed by atoms with E-state index in [0.717, 1.165) is 68.8 Å². The van der Waals surface area contributed by atoms with Crippen LogP contribution in [0.15, 0.2) is 23.5 Å². The molecule has 0 radical (unpaired) electrons. The Morgan fingerprint density at radius 3 is 1.62 bits per heavy atom. The largest absolute Gasteiger partial charge is 0.547 e. The average molecular weight is 913 g/mol. The molecule has 0 aliphatic heterocycles. The summed E-state index contributed by atoms with van der Waals surface area (Å²) >= 11 is 0. The lowest BCUT2D eigenvalue weighted by atomic mass is 9.43. The molecule has 370 valence electrons. The molecule has 1 N–H and O–H groups in total. The fourth-order valence-corrected chi connectivity index (χ4v) is 17.8. The first-order valence-electron chi connectivity index (χ1n) is 24.5. The Labute approximate surface area is 395 Å². The molecule has 0 saturated heterocycles. The number of rotatable bonds is 6. The van der Waals surface area contributed by atoms with Crippen molar-refractivity contribution in [3.8, 4) is 0 Å². The fraction of sp³-hybridized carbons (Fsp3) is 0.875. The predicted octanol–water partition coefficient (Wildman–Crippen LogP) is 14.1. The van der Waals surface area contributed by atoms with E-state index in [0.29, 0.717) is 52.6 Å². The van der Waals surface area contributed by atoms with E-state index in [1.54, 1.807) is 7.11 Å². The van der Waals surface area contributed by atoms with Crippen LogP contribution in [0.25, 0.3) is 0 Å². The van der Waals surface area contributed by atoms with Crippen LogP contribution in [0.1, 0.15) is 175 Å². The molecule has 0 aromatic heterocycles. The molecule has 0 amide bonds. The van der Waals surface area contributed by atoms with E-state index in [1.807, 2.05) is 19.9 Å². The van der Waals surface area contributed by atoms with Crippen LogP contribution in [-0.4, -0.2) is 51.5 Å². The van der Waals surface area contributed by atoms with E-state index >= 15 is 0 Å².